The van der Waals surface area contributed by atoms with Crippen molar-refractivity contribution in [1.82, 2.24) is 4.98 Å². The first-order valence-electron chi connectivity index (χ1n) is 8.76. The topological polar surface area (TPSA) is 72.5 Å². The number of hydrogen-bond acceptors (Lipinski definition) is 5. The molecule has 0 unspecified atom stereocenters. The van der Waals surface area contributed by atoms with Gasteiger partial charge in [0, 0.05) is 10.7 Å². The van der Waals surface area contributed by atoms with Crippen LogP contribution in [0.15, 0.2) is 66.9 Å². The van der Waals surface area contributed by atoms with Crippen LogP contribution < -0.4 is 20.1 Å². The van der Waals surface area contributed by atoms with Crippen molar-refractivity contribution >= 4 is 34.7 Å². The second-order valence-electron chi connectivity index (χ2n) is 5.81. The van der Waals surface area contributed by atoms with Crippen molar-refractivity contribution in [1.29, 1.82) is 0 Å². The lowest BCUT2D eigenvalue weighted by molar-refractivity contribution is -0.118. The van der Waals surface area contributed by atoms with Gasteiger partial charge in [0.05, 0.1) is 18.5 Å². The van der Waals surface area contributed by atoms with Gasteiger partial charge < -0.3 is 20.1 Å². The highest BCUT2D eigenvalue weighted by molar-refractivity contribution is 6.30. The number of aromatic nitrogens is 1. The Bertz CT molecular complexity index is 898. The van der Waals surface area contributed by atoms with E-state index in [1.54, 1.807) is 42.6 Å². The minimum absolute atomic E-state index is 0.103. The van der Waals surface area contributed by atoms with Crippen molar-refractivity contribution in [3.8, 4) is 11.5 Å². The van der Waals surface area contributed by atoms with Crippen molar-refractivity contribution < 1.29 is 14.3 Å². The number of ether oxygens (including phenoxy) is 2. The number of carbonyl (C=O) groups excluding carboxylic acids is 1. The monoisotopic (exact) mass is 397 g/mol. The lowest BCUT2D eigenvalue weighted by Crippen LogP contribution is -2.20. The lowest BCUT2D eigenvalue weighted by Gasteiger charge is -2.09. The summed E-state index contributed by atoms with van der Waals surface area (Å²) in [6.07, 6.45) is 1.58. The highest BCUT2D eigenvalue weighted by Gasteiger charge is 2.05. The highest BCUT2D eigenvalue weighted by Crippen LogP contribution is 2.20. The molecule has 144 valence electrons. The molecule has 0 saturated carbocycles. The SMILES string of the molecule is CCOc1ccc(Nc2ccc(NC(=O)COc3ccc(Cl)cc3)cn2)cc1. The van der Waals surface area contributed by atoms with Crippen molar-refractivity contribution in [3.63, 3.8) is 0 Å². The predicted octanol–water partition coefficient (Wildman–Crippen LogP) is 4.89. The van der Waals surface area contributed by atoms with Gasteiger partial charge in [0.1, 0.15) is 17.3 Å². The van der Waals surface area contributed by atoms with Crippen molar-refractivity contribution in [2.24, 2.45) is 0 Å². The number of carbonyl (C=O) groups is 1. The number of halogens is 1. The van der Waals surface area contributed by atoms with E-state index < -0.39 is 0 Å². The van der Waals surface area contributed by atoms with Crippen LogP contribution in [-0.4, -0.2) is 24.1 Å². The molecule has 2 N–H and O–H groups in total. The van der Waals surface area contributed by atoms with Crippen molar-refractivity contribution in [3.05, 3.63) is 71.9 Å². The Hall–Kier alpha value is -3.25. The highest BCUT2D eigenvalue weighted by atomic mass is 35.5. The molecule has 0 radical (unpaired) electrons. The molecule has 0 spiro atoms. The van der Waals surface area contributed by atoms with E-state index in [2.05, 4.69) is 15.6 Å². The van der Waals surface area contributed by atoms with E-state index in [9.17, 15) is 4.79 Å². The van der Waals surface area contributed by atoms with Gasteiger partial charge in [0.15, 0.2) is 6.61 Å². The minimum Gasteiger partial charge on any atom is -0.494 e. The van der Waals surface area contributed by atoms with Gasteiger partial charge >= 0.3 is 0 Å². The fourth-order valence-corrected chi connectivity index (χ4v) is 2.49. The quantitative estimate of drug-likeness (QED) is 0.566. The molecule has 1 heterocycles. The van der Waals surface area contributed by atoms with Crippen LogP contribution in [0.3, 0.4) is 0 Å². The van der Waals surface area contributed by atoms with Gasteiger partial charge in [-0.2, -0.15) is 0 Å². The van der Waals surface area contributed by atoms with Crippen LogP contribution in [-0.2, 0) is 4.79 Å². The van der Waals surface area contributed by atoms with Gasteiger partial charge in [-0.1, -0.05) is 11.6 Å². The van der Waals surface area contributed by atoms with Crippen LogP contribution in [0.5, 0.6) is 11.5 Å². The number of pyridine rings is 1. The molecule has 0 bridgehead atoms. The minimum atomic E-state index is -0.274. The summed E-state index contributed by atoms with van der Waals surface area (Å²) < 4.78 is 10.8. The first-order valence-corrected chi connectivity index (χ1v) is 9.14. The molecule has 28 heavy (non-hydrogen) atoms. The molecular formula is C21H20ClN3O3. The number of amides is 1. The average Bonchev–Trinajstić information content (AvgIpc) is 2.71. The van der Waals surface area contributed by atoms with Crippen LogP contribution >= 0.6 is 11.6 Å². The summed E-state index contributed by atoms with van der Waals surface area (Å²) in [4.78, 5) is 16.3. The van der Waals surface area contributed by atoms with Gasteiger partial charge in [0.25, 0.3) is 5.91 Å². The molecule has 3 rings (SSSR count). The predicted molar refractivity (Wildman–Crippen MR) is 111 cm³/mol. The van der Waals surface area contributed by atoms with Gasteiger partial charge in [-0.15, -0.1) is 0 Å². The normalized spacial score (nSPS) is 10.2. The van der Waals surface area contributed by atoms with Crippen LogP contribution in [0.25, 0.3) is 0 Å². The summed E-state index contributed by atoms with van der Waals surface area (Å²) in [6.45, 7) is 2.47. The fraction of sp³-hybridized carbons (Fsp3) is 0.143. The summed E-state index contributed by atoms with van der Waals surface area (Å²) in [6, 6.07) is 18.0. The van der Waals surface area contributed by atoms with Crippen molar-refractivity contribution in [2.75, 3.05) is 23.8 Å². The van der Waals surface area contributed by atoms with E-state index in [0.29, 0.717) is 28.9 Å². The van der Waals surface area contributed by atoms with Crippen molar-refractivity contribution in [2.45, 2.75) is 6.92 Å². The largest absolute Gasteiger partial charge is 0.494 e. The van der Waals surface area contributed by atoms with E-state index in [1.165, 1.54) is 0 Å². The molecule has 0 aliphatic rings. The third-order valence-corrected chi connectivity index (χ3v) is 3.92. The molecule has 0 aliphatic heterocycles. The number of hydrogen-bond donors (Lipinski definition) is 2. The molecule has 6 nitrogen and oxygen atoms in total. The first-order chi connectivity index (χ1) is 13.6. The van der Waals surface area contributed by atoms with Gasteiger partial charge in [0.2, 0.25) is 0 Å². The molecule has 7 heteroatoms. The Kier molecular flexibility index (Phi) is 6.70. The Morgan fingerprint density at radius 3 is 2.21 bits per heavy atom. The second kappa shape index (κ2) is 9.62. The van der Waals surface area contributed by atoms with Crippen LogP contribution in [0, 0.1) is 0 Å². The van der Waals surface area contributed by atoms with Crippen LogP contribution in [0.1, 0.15) is 6.92 Å². The zero-order valence-corrected chi connectivity index (χ0v) is 16.1. The molecule has 2 aromatic carbocycles. The Morgan fingerprint density at radius 1 is 0.929 bits per heavy atom. The maximum atomic E-state index is 12.0. The number of nitrogens with zero attached hydrogens (tertiary/aromatic N) is 1. The van der Waals surface area contributed by atoms with Gasteiger partial charge in [-0.3, -0.25) is 4.79 Å². The van der Waals surface area contributed by atoms with E-state index >= 15 is 0 Å². The third-order valence-electron chi connectivity index (χ3n) is 3.67. The summed E-state index contributed by atoms with van der Waals surface area (Å²) in [5.41, 5.74) is 1.48. The lowest BCUT2D eigenvalue weighted by atomic mass is 10.3. The first kappa shape index (κ1) is 19.5. The molecule has 0 atom stereocenters. The Morgan fingerprint density at radius 2 is 1.57 bits per heavy atom. The smallest absolute Gasteiger partial charge is 0.262 e. The van der Waals surface area contributed by atoms with E-state index in [-0.39, 0.29) is 12.5 Å². The molecule has 3 aromatic rings. The van der Waals surface area contributed by atoms with Gasteiger partial charge in [-0.05, 0) is 67.6 Å². The molecule has 0 fully saturated rings. The Labute approximate surface area is 168 Å². The fourth-order valence-electron chi connectivity index (χ4n) is 2.37. The Balaban J connectivity index is 1.49. The molecule has 1 aromatic heterocycles. The maximum Gasteiger partial charge on any atom is 0.262 e. The summed E-state index contributed by atoms with van der Waals surface area (Å²) in [5.74, 6) is 1.79. The second-order valence-corrected chi connectivity index (χ2v) is 6.24. The van der Waals surface area contributed by atoms with Crippen LogP contribution in [0.2, 0.25) is 5.02 Å². The maximum absolute atomic E-state index is 12.0. The summed E-state index contributed by atoms with van der Waals surface area (Å²) in [5, 5.41) is 6.54. The average molecular weight is 398 g/mol. The zero-order chi connectivity index (χ0) is 19.8. The van der Waals surface area contributed by atoms with E-state index in [4.69, 9.17) is 21.1 Å². The number of benzene rings is 2. The van der Waals surface area contributed by atoms with Crippen LogP contribution in [0.4, 0.5) is 17.2 Å². The summed E-state index contributed by atoms with van der Waals surface area (Å²) >= 11 is 5.81. The third kappa shape index (κ3) is 5.89. The zero-order valence-electron chi connectivity index (χ0n) is 15.3. The van der Waals surface area contributed by atoms with E-state index in [0.717, 1.165) is 11.4 Å². The molecular weight excluding hydrogens is 378 g/mol. The number of nitrogens with one attached hydrogen (secondary N) is 2. The number of anilines is 3. The molecule has 0 saturated heterocycles. The summed E-state index contributed by atoms with van der Waals surface area (Å²) in [7, 11) is 0. The number of rotatable bonds is 8. The van der Waals surface area contributed by atoms with E-state index in [1.807, 2.05) is 31.2 Å². The van der Waals surface area contributed by atoms with Gasteiger partial charge in [-0.25, -0.2) is 4.98 Å². The molecule has 0 aliphatic carbocycles. The standard InChI is InChI=1S/C21H20ClN3O3/c1-2-27-18-10-5-16(6-11-18)24-20-12-7-17(13-23-20)25-21(26)14-28-19-8-3-15(22)4-9-19/h3-13H,2,14H2,1H3,(H,23,24)(H,25,26). The molecule has 1 amide bonds.